The average Bonchev–Trinajstić information content (AvgIpc) is 2.30. The predicted octanol–water partition coefficient (Wildman–Crippen LogP) is 1.04. The van der Waals surface area contributed by atoms with E-state index in [9.17, 15) is 9.59 Å². The second-order valence-electron chi connectivity index (χ2n) is 5.74. The Labute approximate surface area is 109 Å². The van der Waals surface area contributed by atoms with Crippen LogP contribution in [0.4, 0.5) is 0 Å². The highest BCUT2D eigenvalue weighted by Gasteiger charge is 2.37. The molecule has 1 fully saturated rings. The molecule has 1 aliphatic rings. The van der Waals surface area contributed by atoms with Crippen molar-refractivity contribution in [2.45, 2.75) is 39.7 Å². The number of carbonyl (C=O) groups excluding carboxylic acids is 1. The van der Waals surface area contributed by atoms with E-state index >= 15 is 0 Å². The topological polar surface area (TPSA) is 60.9 Å². The molecule has 1 saturated heterocycles. The van der Waals surface area contributed by atoms with Crippen LogP contribution in [0.3, 0.4) is 0 Å². The van der Waals surface area contributed by atoms with Crippen LogP contribution in [0.15, 0.2) is 0 Å². The number of rotatable bonds is 4. The van der Waals surface area contributed by atoms with Crippen molar-refractivity contribution < 1.29 is 14.7 Å². The fourth-order valence-corrected chi connectivity index (χ4v) is 2.01. The fourth-order valence-electron chi connectivity index (χ4n) is 2.01. The van der Waals surface area contributed by atoms with E-state index < -0.39 is 11.4 Å². The van der Waals surface area contributed by atoms with Crippen molar-refractivity contribution >= 4 is 11.9 Å². The highest BCUT2D eigenvalue weighted by Crippen LogP contribution is 2.30. The van der Waals surface area contributed by atoms with Crippen LogP contribution >= 0.6 is 0 Å². The monoisotopic (exact) mass is 256 g/mol. The van der Waals surface area contributed by atoms with Gasteiger partial charge in [0.1, 0.15) is 0 Å². The zero-order valence-electron chi connectivity index (χ0n) is 11.8. The molecule has 0 aromatic carbocycles. The van der Waals surface area contributed by atoms with E-state index in [0.29, 0.717) is 32.5 Å². The Morgan fingerprint density at radius 1 is 1.33 bits per heavy atom. The number of aliphatic carboxylic acids is 1. The Morgan fingerprint density at radius 2 is 1.83 bits per heavy atom. The number of carbonyl (C=O) groups is 2. The standard InChI is InChI=1S/C13H24N2O3/c1-10(2)14(4)11(16)9-15-7-5-13(3,6-8-15)12(17)18/h10H,5-9H2,1-4H3,(H,17,18). The number of hydrogen-bond acceptors (Lipinski definition) is 3. The molecule has 0 spiro atoms. The zero-order chi connectivity index (χ0) is 13.9. The van der Waals surface area contributed by atoms with Crippen molar-refractivity contribution in [1.82, 2.24) is 9.80 Å². The third kappa shape index (κ3) is 3.45. The van der Waals surface area contributed by atoms with Crippen LogP contribution in [-0.4, -0.2) is 59.5 Å². The summed E-state index contributed by atoms with van der Waals surface area (Å²) in [5, 5.41) is 9.13. The third-order valence-corrected chi connectivity index (χ3v) is 4.00. The minimum Gasteiger partial charge on any atom is -0.481 e. The van der Waals surface area contributed by atoms with E-state index in [4.69, 9.17) is 5.11 Å². The molecule has 0 aromatic heterocycles. The molecule has 5 nitrogen and oxygen atoms in total. The van der Waals surface area contributed by atoms with Gasteiger partial charge in [0, 0.05) is 13.1 Å². The van der Waals surface area contributed by atoms with E-state index in [2.05, 4.69) is 0 Å². The summed E-state index contributed by atoms with van der Waals surface area (Å²) in [7, 11) is 1.80. The maximum atomic E-state index is 11.9. The number of likely N-dealkylation sites (tertiary alicyclic amines) is 1. The first kappa shape index (κ1) is 15.0. The van der Waals surface area contributed by atoms with Gasteiger partial charge >= 0.3 is 5.97 Å². The summed E-state index contributed by atoms with van der Waals surface area (Å²) in [5.41, 5.74) is -0.622. The lowest BCUT2D eigenvalue weighted by Crippen LogP contribution is -2.47. The minimum absolute atomic E-state index is 0.101. The molecule has 0 atom stereocenters. The molecule has 0 aromatic rings. The largest absolute Gasteiger partial charge is 0.481 e. The number of likely N-dealkylation sites (N-methyl/N-ethyl adjacent to an activating group) is 1. The zero-order valence-corrected chi connectivity index (χ0v) is 11.8. The molecule has 1 N–H and O–H groups in total. The van der Waals surface area contributed by atoms with Crippen molar-refractivity contribution in [2.75, 3.05) is 26.7 Å². The normalized spacial score (nSPS) is 19.8. The first-order valence-electron chi connectivity index (χ1n) is 6.47. The lowest BCUT2D eigenvalue weighted by atomic mass is 9.80. The van der Waals surface area contributed by atoms with Crippen molar-refractivity contribution in [2.24, 2.45) is 5.41 Å². The molecule has 0 saturated carbocycles. The first-order valence-corrected chi connectivity index (χ1v) is 6.47. The number of carboxylic acid groups (broad SMARTS) is 1. The summed E-state index contributed by atoms with van der Waals surface area (Å²) in [6.07, 6.45) is 1.22. The molecular formula is C13H24N2O3. The second kappa shape index (κ2) is 5.69. The van der Waals surface area contributed by atoms with Crippen molar-refractivity contribution in [3.63, 3.8) is 0 Å². The SMILES string of the molecule is CC(C)N(C)C(=O)CN1CCC(C)(C(=O)O)CC1. The third-order valence-electron chi connectivity index (χ3n) is 4.00. The summed E-state index contributed by atoms with van der Waals surface area (Å²) in [5.74, 6) is -0.628. The van der Waals surface area contributed by atoms with E-state index in [1.54, 1.807) is 18.9 Å². The molecule has 0 bridgehead atoms. The molecule has 0 unspecified atom stereocenters. The quantitative estimate of drug-likeness (QED) is 0.816. The van der Waals surface area contributed by atoms with Crippen molar-refractivity contribution in [3.05, 3.63) is 0 Å². The Bertz CT molecular complexity index is 320. The smallest absolute Gasteiger partial charge is 0.309 e. The Balaban J connectivity index is 2.45. The van der Waals surface area contributed by atoms with Crippen LogP contribution < -0.4 is 0 Å². The number of carboxylic acids is 1. The first-order chi connectivity index (χ1) is 8.26. The molecule has 5 heteroatoms. The highest BCUT2D eigenvalue weighted by molar-refractivity contribution is 5.78. The van der Waals surface area contributed by atoms with Gasteiger partial charge in [0.2, 0.25) is 5.91 Å². The molecule has 104 valence electrons. The summed E-state index contributed by atoms with van der Waals surface area (Å²) in [4.78, 5) is 26.8. The van der Waals surface area contributed by atoms with Crippen molar-refractivity contribution in [1.29, 1.82) is 0 Å². The van der Waals surface area contributed by atoms with E-state index in [1.807, 2.05) is 18.7 Å². The molecule has 1 amide bonds. The Hall–Kier alpha value is -1.10. The van der Waals surface area contributed by atoms with Gasteiger partial charge < -0.3 is 10.0 Å². The summed E-state index contributed by atoms with van der Waals surface area (Å²) >= 11 is 0. The van der Waals surface area contributed by atoms with Gasteiger partial charge in [-0.3, -0.25) is 14.5 Å². The van der Waals surface area contributed by atoms with Gasteiger partial charge in [-0.1, -0.05) is 0 Å². The number of piperidine rings is 1. The van der Waals surface area contributed by atoms with Crippen molar-refractivity contribution in [3.8, 4) is 0 Å². The van der Waals surface area contributed by atoms with Gasteiger partial charge in [-0.05, 0) is 46.7 Å². The van der Waals surface area contributed by atoms with E-state index in [1.165, 1.54) is 0 Å². The summed E-state index contributed by atoms with van der Waals surface area (Å²) < 4.78 is 0. The second-order valence-corrected chi connectivity index (χ2v) is 5.74. The Kier molecular flexibility index (Phi) is 4.73. The maximum Gasteiger partial charge on any atom is 0.309 e. The fraction of sp³-hybridized carbons (Fsp3) is 0.846. The lowest BCUT2D eigenvalue weighted by molar-refractivity contribution is -0.150. The van der Waals surface area contributed by atoms with Gasteiger partial charge in [0.05, 0.1) is 12.0 Å². The number of nitrogens with zero attached hydrogens (tertiary/aromatic N) is 2. The number of amides is 1. The van der Waals surface area contributed by atoms with Crippen LogP contribution in [0.25, 0.3) is 0 Å². The van der Waals surface area contributed by atoms with Gasteiger partial charge in [-0.2, -0.15) is 0 Å². The van der Waals surface area contributed by atoms with Gasteiger partial charge in [0.15, 0.2) is 0 Å². The van der Waals surface area contributed by atoms with Gasteiger partial charge in [-0.25, -0.2) is 0 Å². The molecule has 0 aliphatic carbocycles. The minimum atomic E-state index is -0.729. The predicted molar refractivity (Wildman–Crippen MR) is 69.3 cm³/mol. The highest BCUT2D eigenvalue weighted by atomic mass is 16.4. The molecule has 18 heavy (non-hydrogen) atoms. The van der Waals surface area contributed by atoms with Crippen LogP contribution in [-0.2, 0) is 9.59 Å². The molecule has 1 rings (SSSR count). The van der Waals surface area contributed by atoms with E-state index in [-0.39, 0.29) is 11.9 Å². The van der Waals surface area contributed by atoms with Gasteiger partial charge in [-0.15, -0.1) is 0 Å². The van der Waals surface area contributed by atoms with Crippen LogP contribution in [0.1, 0.15) is 33.6 Å². The van der Waals surface area contributed by atoms with E-state index in [0.717, 1.165) is 0 Å². The van der Waals surface area contributed by atoms with Crippen LogP contribution in [0, 0.1) is 5.41 Å². The molecule has 1 aliphatic heterocycles. The summed E-state index contributed by atoms with van der Waals surface area (Å²) in [6, 6.07) is 0.201. The maximum absolute atomic E-state index is 11.9. The summed E-state index contributed by atoms with van der Waals surface area (Å²) in [6.45, 7) is 7.51. The molecular weight excluding hydrogens is 232 g/mol. The number of hydrogen-bond donors (Lipinski definition) is 1. The van der Waals surface area contributed by atoms with Crippen LogP contribution in [0.2, 0.25) is 0 Å². The molecule has 1 heterocycles. The molecule has 0 radical (unpaired) electrons. The van der Waals surface area contributed by atoms with Gasteiger partial charge in [0.25, 0.3) is 0 Å². The Morgan fingerprint density at radius 3 is 2.22 bits per heavy atom. The average molecular weight is 256 g/mol. The lowest BCUT2D eigenvalue weighted by Gasteiger charge is -2.36. The van der Waals surface area contributed by atoms with Crippen LogP contribution in [0.5, 0.6) is 0 Å².